The summed E-state index contributed by atoms with van der Waals surface area (Å²) in [5, 5.41) is 12.8. The Bertz CT molecular complexity index is 509. The molecule has 1 unspecified atom stereocenters. The molecule has 0 aliphatic rings. The summed E-state index contributed by atoms with van der Waals surface area (Å²) in [5.41, 5.74) is 1.76. The Morgan fingerprint density at radius 2 is 2.12 bits per heavy atom. The molecule has 16 heavy (non-hydrogen) atoms. The Hall–Kier alpha value is -0.350. The molecule has 1 aromatic carbocycles. The number of thiophene rings is 1. The number of halogens is 2. The maximum absolute atomic E-state index is 10.2. The summed E-state index contributed by atoms with van der Waals surface area (Å²) in [6.45, 7) is 2.00. The van der Waals surface area contributed by atoms with Gasteiger partial charge in [0.2, 0.25) is 0 Å². The van der Waals surface area contributed by atoms with Crippen LogP contribution in [0.4, 0.5) is 0 Å². The Morgan fingerprint density at radius 1 is 1.38 bits per heavy atom. The van der Waals surface area contributed by atoms with Gasteiger partial charge in [-0.25, -0.2) is 0 Å². The Balaban J connectivity index is 2.38. The predicted octanol–water partition coefficient (Wildman–Crippen LogP) is 4.55. The van der Waals surface area contributed by atoms with E-state index in [2.05, 4.69) is 15.9 Å². The van der Waals surface area contributed by atoms with Crippen molar-refractivity contribution in [3.05, 3.63) is 55.1 Å². The molecule has 2 aromatic rings. The Labute approximate surface area is 112 Å². The lowest BCUT2D eigenvalue weighted by molar-refractivity contribution is 0.220. The van der Waals surface area contributed by atoms with E-state index in [1.165, 1.54) is 0 Å². The number of aryl methyl sites for hydroxylation is 1. The third-order valence-electron chi connectivity index (χ3n) is 2.45. The second-order valence-electron chi connectivity index (χ2n) is 3.51. The first-order valence-electron chi connectivity index (χ1n) is 4.76. The van der Waals surface area contributed by atoms with Crippen molar-refractivity contribution < 1.29 is 5.11 Å². The predicted molar refractivity (Wildman–Crippen MR) is 72.3 cm³/mol. The van der Waals surface area contributed by atoms with Gasteiger partial charge >= 0.3 is 0 Å². The zero-order valence-electron chi connectivity index (χ0n) is 8.58. The van der Waals surface area contributed by atoms with Gasteiger partial charge in [0.25, 0.3) is 0 Å². The summed E-state index contributed by atoms with van der Waals surface area (Å²) in [5.74, 6) is 0. The molecule has 0 saturated heterocycles. The molecular weight excluding hydrogens is 308 g/mol. The summed E-state index contributed by atoms with van der Waals surface area (Å²) < 4.78 is 0.840. The molecule has 1 aromatic heterocycles. The van der Waals surface area contributed by atoms with Crippen LogP contribution in [0.2, 0.25) is 5.02 Å². The minimum Gasteiger partial charge on any atom is -0.384 e. The van der Waals surface area contributed by atoms with E-state index in [0.29, 0.717) is 5.02 Å². The van der Waals surface area contributed by atoms with Crippen LogP contribution >= 0.6 is 38.9 Å². The van der Waals surface area contributed by atoms with Crippen LogP contribution in [0.1, 0.15) is 22.1 Å². The lowest BCUT2D eigenvalue weighted by Gasteiger charge is -2.11. The molecule has 1 heterocycles. The number of rotatable bonds is 2. The van der Waals surface area contributed by atoms with E-state index < -0.39 is 6.10 Å². The zero-order chi connectivity index (χ0) is 11.7. The first-order chi connectivity index (χ1) is 7.59. The van der Waals surface area contributed by atoms with E-state index in [9.17, 15) is 5.11 Å². The first-order valence-corrected chi connectivity index (χ1v) is 6.81. The molecule has 84 valence electrons. The first kappa shape index (κ1) is 12.1. The highest BCUT2D eigenvalue weighted by atomic mass is 79.9. The van der Waals surface area contributed by atoms with Gasteiger partial charge in [-0.3, -0.25) is 0 Å². The van der Waals surface area contributed by atoms with Gasteiger partial charge in [-0.05, 0) is 57.6 Å². The van der Waals surface area contributed by atoms with Crippen molar-refractivity contribution in [2.75, 3.05) is 0 Å². The molecule has 2 rings (SSSR count). The standard InChI is InChI=1S/C12H10BrClOS/c1-7-9(4-5-16-7)12(15)8-2-3-10(13)11(14)6-8/h2-6,12,15H,1H3. The van der Waals surface area contributed by atoms with Crippen molar-refractivity contribution >= 4 is 38.9 Å². The van der Waals surface area contributed by atoms with Crippen molar-refractivity contribution in [2.45, 2.75) is 13.0 Å². The van der Waals surface area contributed by atoms with Gasteiger partial charge in [0.1, 0.15) is 6.10 Å². The van der Waals surface area contributed by atoms with E-state index in [1.807, 2.05) is 30.5 Å². The summed E-state index contributed by atoms with van der Waals surface area (Å²) in [7, 11) is 0. The maximum Gasteiger partial charge on any atom is 0.105 e. The molecule has 4 heteroatoms. The van der Waals surface area contributed by atoms with Crippen molar-refractivity contribution in [1.29, 1.82) is 0 Å². The van der Waals surface area contributed by atoms with E-state index in [-0.39, 0.29) is 0 Å². The molecule has 0 radical (unpaired) electrons. The van der Waals surface area contributed by atoms with Crippen LogP contribution in [0.15, 0.2) is 34.1 Å². The van der Waals surface area contributed by atoms with Gasteiger partial charge < -0.3 is 5.11 Å². The molecule has 0 amide bonds. The van der Waals surface area contributed by atoms with Gasteiger partial charge in [0.05, 0.1) is 5.02 Å². The van der Waals surface area contributed by atoms with E-state index in [4.69, 9.17) is 11.6 Å². The second kappa shape index (κ2) is 4.88. The van der Waals surface area contributed by atoms with Gasteiger partial charge in [-0.1, -0.05) is 17.7 Å². The lowest BCUT2D eigenvalue weighted by Crippen LogP contribution is -1.99. The molecule has 0 bridgehead atoms. The molecule has 1 nitrogen and oxygen atoms in total. The summed E-state index contributed by atoms with van der Waals surface area (Å²) in [6, 6.07) is 7.45. The summed E-state index contributed by atoms with van der Waals surface area (Å²) in [4.78, 5) is 1.13. The quantitative estimate of drug-likeness (QED) is 0.861. The van der Waals surface area contributed by atoms with Gasteiger partial charge in [0.15, 0.2) is 0 Å². The van der Waals surface area contributed by atoms with Crippen LogP contribution in [0.25, 0.3) is 0 Å². The van der Waals surface area contributed by atoms with Crippen molar-refractivity contribution in [3.63, 3.8) is 0 Å². The van der Waals surface area contributed by atoms with Crippen molar-refractivity contribution in [3.8, 4) is 0 Å². The molecule has 0 aliphatic heterocycles. The average molecular weight is 318 g/mol. The topological polar surface area (TPSA) is 20.2 Å². The highest BCUT2D eigenvalue weighted by Crippen LogP contribution is 2.31. The van der Waals surface area contributed by atoms with Crippen molar-refractivity contribution in [1.82, 2.24) is 0 Å². The zero-order valence-corrected chi connectivity index (χ0v) is 11.7. The molecule has 1 atom stereocenters. The fourth-order valence-electron chi connectivity index (χ4n) is 1.54. The van der Waals surface area contributed by atoms with Crippen LogP contribution in [0.5, 0.6) is 0 Å². The van der Waals surface area contributed by atoms with Gasteiger partial charge in [-0.2, -0.15) is 0 Å². The third kappa shape index (κ3) is 2.33. The number of hydrogen-bond acceptors (Lipinski definition) is 2. The van der Waals surface area contributed by atoms with Gasteiger partial charge in [0, 0.05) is 9.35 Å². The highest BCUT2D eigenvalue weighted by molar-refractivity contribution is 9.10. The summed E-state index contributed by atoms with van der Waals surface area (Å²) in [6.07, 6.45) is -0.600. The lowest BCUT2D eigenvalue weighted by atomic mass is 10.0. The van der Waals surface area contributed by atoms with Crippen LogP contribution in [-0.2, 0) is 0 Å². The third-order valence-corrected chi connectivity index (χ3v) is 4.55. The van der Waals surface area contributed by atoms with Crippen LogP contribution in [0.3, 0.4) is 0 Å². The maximum atomic E-state index is 10.2. The second-order valence-corrected chi connectivity index (χ2v) is 5.89. The minimum absolute atomic E-state index is 0.600. The van der Waals surface area contributed by atoms with Crippen LogP contribution < -0.4 is 0 Å². The minimum atomic E-state index is -0.600. The van der Waals surface area contributed by atoms with Crippen LogP contribution in [-0.4, -0.2) is 5.11 Å². The molecular formula is C12H10BrClOS. The number of aliphatic hydroxyl groups excluding tert-OH is 1. The molecule has 0 fully saturated rings. The van der Waals surface area contributed by atoms with E-state index >= 15 is 0 Å². The number of benzene rings is 1. The van der Waals surface area contributed by atoms with Crippen LogP contribution in [0, 0.1) is 6.92 Å². The average Bonchev–Trinajstić information content (AvgIpc) is 2.67. The van der Waals surface area contributed by atoms with Gasteiger partial charge in [-0.15, -0.1) is 11.3 Å². The molecule has 0 saturated carbocycles. The summed E-state index contributed by atoms with van der Waals surface area (Å²) >= 11 is 11.0. The van der Waals surface area contributed by atoms with Crippen molar-refractivity contribution in [2.24, 2.45) is 0 Å². The fraction of sp³-hybridized carbons (Fsp3) is 0.167. The Kier molecular flexibility index (Phi) is 3.70. The number of aliphatic hydroxyl groups is 1. The normalized spacial score (nSPS) is 12.8. The molecule has 1 N–H and O–H groups in total. The fourth-order valence-corrected chi connectivity index (χ4v) is 2.71. The monoisotopic (exact) mass is 316 g/mol. The molecule has 0 aliphatic carbocycles. The van der Waals surface area contributed by atoms with E-state index in [1.54, 1.807) is 17.4 Å². The van der Waals surface area contributed by atoms with E-state index in [0.717, 1.165) is 20.5 Å². The molecule has 0 spiro atoms. The Morgan fingerprint density at radius 3 is 2.69 bits per heavy atom. The number of hydrogen-bond donors (Lipinski definition) is 1. The largest absolute Gasteiger partial charge is 0.384 e. The SMILES string of the molecule is Cc1sccc1C(O)c1ccc(Br)c(Cl)c1. The highest BCUT2D eigenvalue weighted by Gasteiger charge is 2.14. The smallest absolute Gasteiger partial charge is 0.105 e.